The van der Waals surface area contributed by atoms with Crippen LogP contribution < -0.4 is 5.73 Å². The van der Waals surface area contributed by atoms with Crippen molar-refractivity contribution in [3.63, 3.8) is 0 Å². The Balaban J connectivity index is 1.94. The summed E-state index contributed by atoms with van der Waals surface area (Å²) in [5, 5.41) is 0. The lowest BCUT2D eigenvalue weighted by atomic mass is 10.1. The van der Waals surface area contributed by atoms with Gasteiger partial charge in [0.2, 0.25) is 0 Å². The molecule has 2 heteroatoms. The third-order valence-electron chi connectivity index (χ3n) is 2.52. The molecule has 2 unspecified atom stereocenters. The van der Waals surface area contributed by atoms with Crippen molar-refractivity contribution in [1.82, 2.24) is 0 Å². The number of fused-ring (bicyclic) bond motifs is 1. The number of hydrogen-bond donors (Lipinski definition) is 1. The van der Waals surface area contributed by atoms with Crippen molar-refractivity contribution in [2.24, 2.45) is 17.6 Å². The van der Waals surface area contributed by atoms with Gasteiger partial charge in [-0.05, 0) is 19.3 Å². The quantitative estimate of drug-likeness (QED) is 0.552. The highest BCUT2D eigenvalue weighted by Crippen LogP contribution is 2.50. The molecule has 0 amide bonds. The third kappa shape index (κ3) is 0.700. The van der Waals surface area contributed by atoms with Gasteiger partial charge in [0.25, 0.3) is 0 Å². The summed E-state index contributed by atoms with van der Waals surface area (Å²) >= 11 is 0. The topological polar surface area (TPSA) is 35.2 Å². The molecule has 4 atom stereocenters. The van der Waals surface area contributed by atoms with E-state index >= 15 is 0 Å². The molecule has 2 fully saturated rings. The fourth-order valence-electron chi connectivity index (χ4n) is 1.99. The molecule has 2 rings (SSSR count). The monoisotopic (exact) mass is 127 g/mol. The van der Waals surface area contributed by atoms with Gasteiger partial charge in [0.1, 0.15) is 0 Å². The first kappa shape index (κ1) is 5.69. The molecule has 1 aliphatic carbocycles. The van der Waals surface area contributed by atoms with Crippen LogP contribution in [0.25, 0.3) is 0 Å². The fourth-order valence-corrected chi connectivity index (χ4v) is 1.99. The van der Waals surface area contributed by atoms with Crippen molar-refractivity contribution in [2.75, 3.05) is 6.61 Å². The maximum Gasteiger partial charge on any atom is 0.0654 e. The number of hydrogen-bond acceptors (Lipinski definition) is 2. The normalized spacial score (nSPS) is 50.7. The van der Waals surface area contributed by atoms with E-state index in [9.17, 15) is 0 Å². The third-order valence-corrected chi connectivity index (χ3v) is 2.52. The van der Waals surface area contributed by atoms with Crippen LogP contribution in [-0.4, -0.2) is 18.8 Å². The Morgan fingerprint density at radius 1 is 1.67 bits per heavy atom. The van der Waals surface area contributed by atoms with Crippen molar-refractivity contribution in [2.45, 2.75) is 25.5 Å². The molecule has 0 radical (unpaired) electrons. The zero-order valence-corrected chi connectivity index (χ0v) is 5.71. The molecule has 2 nitrogen and oxygen atoms in total. The van der Waals surface area contributed by atoms with Gasteiger partial charge in [0.15, 0.2) is 0 Å². The molecular weight excluding hydrogens is 114 g/mol. The molecule has 0 aromatic rings. The van der Waals surface area contributed by atoms with E-state index in [1.54, 1.807) is 0 Å². The van der Waals surface area contributed by atoms with Gasteiger partial charge in [-0.3, -0.25) is 0 Å². The first-order valence-electron chi connectivity index (χ1n) is 3.68. The van der Waals surface area contributed by atoms with Crippen LogP contribution in [-0.2, 0) is 4.74 Å². The van der Waals surface area contributed by atoms with E-state index in [1.807, 2.05) is 0 Å². The summed E-state index contributed by atoms with van der Waals surface area (Å²) in [6.45, 7) is 3.05. The second-order valence-electron chi connectivity index (χ2n) is 3.22. The van der Waals surface area contributed by atoms with E-state index in [-0.39, 0.29) is 0 Å². The Bertz CT molecular complexity index is 114. The van der Waals surface area contributed by atoms with Gasteiger partial charge in [-0.25, -0.2) is 0 Å². The van der Waals surface area contributed by atoms with Crippen LogP contribution in [0.2, 0.25) is 0 Å². The summed E-state index contributed by atoms with van der Waals surface area (Å²) in [6, 6.07) is 0.347. The lowest BCUT2D eigenvalue weighted by Gasteiger charge is -2.05. The van der Waals surface area contributed by atoms with Crippen LogP contribution >= 0.6 is 0 Å². The molecule has 1 saturated heterocycles. The molecule has 1 saturated carbocycles. The van der Waals surface area contributed by atoms with Crippen molar-refractivity contribution in [3.05, 3.63) is 0 Å². The average Bonchev–Trinajstić information content (AvgIpc) is 2.30. The first-order valence-corrected chi connectivity index (χ1v) is 3.68. The SMILES string of the molecule is CC(N)C1[C@H]2CCO[C@@H]12. The molecule has 52 valence electrons. The molecule has 0 aromatic heterocycles. The van der Waals surface area contributed by atoms with E-state index in [1.165, 1.54) is 6.42 Å². The lowest BCUT2D eigenvalue weighted by molar-refractivity contribution is 0.134. The van der Waals surface area contributed by atoms with Crippen molar-refractivity contribution in [3.8, 4) is 0 Å². The Hall–Kier alpha value is -0.0800. The largest absolute Gasteiger partial charge is 0.378 e. The Labute approximate surface area is 55.4 Å². The highest BCUT2D eigenvalue weighted by atomic mass is 16.5. The smallest absolute Gasteiger partial charge is 0.0654 e. The average molecular weight is 127 g/mol. The molecule has 1 aliphatic heterocycles. The molecule has 0 aromatic carbocycles. The standard InChI is InChI=1S/C7H13NO/c1-4(8)6-5-2-3-9-7(5)6/h4-7H,2-3,8H2,1H3/t4?,5-,6?,7-/m1/s1. The minimum atomic E-state index is 0.347. The van der Waals surface area contributed by atoms with Crippen LogP contribution in [0.15, 0.2) is 0 Å². The maximum atomic E-state index is 5.71. The van der Waals surface area contributed by atoms with E-state index in [0.717, 1.165) is 12.5 Å². The predicted molar refractivity (Wildman–Crippen MR) is 35.0 cm³/mol. The number of rotatable bonds is 1. The summed E-state index contributed by atoms with van der Waals surface area (Å²) in [7, 11) is 0. The fraction of sp³-hybridized carbons (Fsp3) is 1.00. The zero-order valence-electron chi connectivity index (χ0n) is 5.71. The summed E-state index contributed by atoms with van der Waals surface area (Å²) in [6.07, 6.45) is 1.79. The molecule has 9 heavy (non-hydrogen) atoms. The van der Waals surface area contributed by atoms with Gasteiger partial charge < -0.3 is 10.5 Å². The van der Waals surface area contributed by atoms with Crippen LogP contribution in [0.3, 0.4) is 0 Å². The van der Waals surface area contributed by atoms with Crippen molar-refractivity contribution in [1.29, 1.82) is 0 Å². The van der Waals surface area contributed by atoms with Crippen LogP contribution in [0.4, 0.5) is 0 Å². The van der Waals surface area contributed by atoms with Gasteiger partial charge in [-0.15, -0.1) is 0 Å². The first-order chi connectivity index (χ1) is 4.30. The van der Waals surface area contributed by atoms with Crippen LogP contribution in [0.1, 0.15) is 13.3 Å². The molecule has 0 spiro atoms. The molecule has 1 heterocycles. The van der Waals surface area contributed by atoms with E-state index in [4.69, 9.17) is 10.5 Å². The summed E-state index contributed by atoms with van der Waals surface area (Å²) in [4.78, 5) is 0. The van der Waals surface area contributed by atoms with E-state index < -0.39 is 0 Å². The highest BCUT2D eigenvalue weighted by Gasteiger charge is 2.55. The maximum absolute atomic E-state index is 5.71. The van der Waals surface area contributed by atoms with Gasteiger partial charge in [-0.1, -0.05) is 0 Å². The molecule has 0 bridgehead atoms. The second-order valence-corrected chi connectivity index (χ2v) is 3.22. The lowest BCUT2D eigenvalue weighted by Crippen LogP contribution is -2.21. The minimum Gasteiger partial charge on any atom is -0.378 e. The summed E-state index contributed by atoms with van der Waals surface area (Å²) in [5.74, 6) is 1.52. The van der Waals surface area contributed by atoms with Crippen molar-refractivity contribution < 1.29 is 4.74 Å². The Morgan fingerprint density at radius 2 is 2.44 bits per heavy atom. The minimum absolute atomic E-state index is 0.347. The van der Waals surface area contributed by atoms with E-state index in [0.29, 0.717) is 18.1 Å². The number of nitrogens with two attached hydrogens (primary N) is 1. The van der Waals surface area contributed by atoms with Crippen LogP contribution in [0.5, 0.6) is 0 Å². The van der Waals surface area contributed by atoms with Crippen molar-refractivity contribution >= 4 is 0 Å². The van der Waals surface area contributed by atoms with Crippen LogP contribution in [0, 0.1) is 11.8 Å². The Kier molecular flexibility index (Phi) is 1.08. The zero-order chi connectivity index (χ0) is 6.43. The predicted octanol–water partition coefficient (Wildman–Crippen LogP) is 0.369. The van der Waals surface area contributed by atoms with Gasteiger partial charge in [0, 0.05) is 18.6 Å². The van der Waals surface area contributed by atoms with Gasteiger partial charge in [0.05, 0.1) is 6.10 Å². The van der Waals surface area contributed by atoms with Gasteiger partial charge in [-0.2, -0.15) is 0 Å². The molecular formula is C7H13NO. The number of ether oxygens (including phenoxy) is 1. The highest BCUT2D eigenvalue weighted by molar-refractivity contribution is 5.05. The summed E-state index contributed by atoms with van der Waals surface area (Å²) in [5.41, 5.74) is 5.71. The molecule has 2 aliphatic rings. The second kappa shape index (κ2) is 1.70. The summed E-state index contributed by atoms with van der Waals surface area (Å²) < 4.78 is 5.42. The van der Waals surface area contributed by atoms with E-state index in [2.05, 4.69) is 6.92 Å². The Morgan fingerprint density at radius 3 is 2.78 bits per heavy atom. The van der Waals surface area contributed by atoms with Gasteiger partial charge >= 0.3 is 0 Å². The molecule has 2 N–H and O–H groups in total.